The second-order valence-electron chi connectivity index (χ2n) is 20.2. The maximum absolute atomic E-state index is 15.3. The fourth-order valence-corrected chi connectivity index (χ4v) is 11.8. The smallest absolute Gasteiger partial charge is 0.309 e. The lowest BCUT2D eigenvalue weighted by Gasteiger charge is -2.21. The van der Waals surface area contributed by atoms with Gasteiger partial charge in [0.05, 0.1) is 109 Å². The van der Waals surface area contributed by atoms with Gasteiger partial charge in [0.1, 0.15) is 0 Å². The van der Waals surface area contributed by atoms with E-state index in [-0.39, 0.29) is 22.3 Å². The lowest BCUT2D eigenvalue weighted by Crippen LogP contribution is -2.08. The number of benzene rings is 11. The van der Waals surface area contributed by atoms with Crippen LogP contribution >= 0.6 is 0 Å². The van der Waals surface area contributed by atoms with E-state index in [4.69, 9.17) is 0 Å². The van der Waals surface area contributed by atoms with Crippen LogP contribution in [0, 0.1) is 68.0 Å². The molecule has 2 aromatic heterocycles. The first-order valence-corrected chi connectivity index (χ1v) is 26.5. The van der Waals surface area contributed by atoms with E-state index in [1.165, 1.54) is 12.1 Å². The molecular weight excluding hydrogens is 1050 g/mol. The monoisotopic (exact) mass is 1080 g/mol. The summed E-state index contributed by atoms with van der Waals surface area (Å²) in [6.07, 6.45) is -4.86. The van der Waals surface area contributed by atoms with Crippen LogP contribution in [0.15, 0.2) is 224 Å². The van der Waals surface area contributed by atoms with Crippen molar-refractivity contribution in [1.29, 1.82) is 31.6 Å². The van der Waals surface area contributed by atoms with Gasteiger partial charge in [0, 0.05) is 32.7 Å². The summed E-state index contributed by atoms with van der Waals surface area (Å²) in [5.74, 6) is 0. The number of hydrogen-bond acceptors (Lipinski definition) is 6. The molecule has 0 fully saturated rings. The molecule has 8 nitrogen and oxygen atoms in total. The molecule has 11 aromatic carbocycles. The average molecular weight is 1080 g/mol. The van der Waals surface area contributed by atoms with Gasteiger partial charge in [-0.25, -0.2) is 0 Å². The molecule has 390 valence electrons. The van der Waals surface area contributed by atoms with E-state index < -0.39 is 11.7 Å². The molecule has 13 rings (SSSR count). The lowest BCUT2D eigenvalue weighted by molar-refractivity contribution is -0.137. The van der Waals surface area contributed by atoms with Gasteiger partial charge in [-0.1, -0.05) is 109 Å². The highest BCUT2D eigenvalue weighted by atomic mass is 19.4. The number of nitriles is 6. The van der Waals surface area contributed by atoms with E-state index in [1.54, 1.807) is 54.6 Å². The van der Waals surface area contributed by atoms with Gasteiger partial charge in [-0.3, -0.25) is 0 Å². The minimum Gasteiger partial charge on any atom is -0.309 e. The highest BCUT2D eigenvalue weighted by Crippen LogP contribution is 2.47. The molecular formula is C73H37F3N8. The maximum atomic E-state index is 15.3. The average Bonchev–Trinajstić information content (AvgIpc) is 1.99. The Morgan fingerprint density at radius 3 is 0.940 bits per heavy atom. The third-order valence-electron chi connectivity index (χ3n) is 15.6. The summed E-state index contributed by atoms with van der Waals surface area (Å²) in [6.45, 7) is 0. The summed E-state index contributed by atoms with van der Waals surface area (Å²) in [5, 5.41) is 64.8. The normalized spacial score (nSPS) is 11.2. The number of rotatable bonds is 8. The van der Waals surface area contributed by atoms with Crippen molar-refractivity contribution in [3.63, 3.8) is 0 Å². The van der Waals surface area contributed by atoms with Crippen LogP contribution < -0.4 is 0 Å². The van der Waals surface area contributed by atoms with Crippen LogP contribution in [-0.2, 0) is 6.18 Å². The van der Waals surface area contributed by atoms with E-state index >= 15 is 13.2 Å². The van der Waals surface area contributed by atoms with Gasteiger partial charge >= 0.3 is 6.18 Å². The Kier molecular flexibility index (Phi) is 12.5. The topological polar surface area (TPSA) is 153 Å². The molecule has 0 amide bonds. The van der Waals surface area contributed by atoms with Crippen LogP contribution in [0.4, 0.5) is 13.2 Å². The molecule has 84 heavy (non-hydrogen) atoms. The largest absolute Gasteiger partial charge is 0.417 e. The zero-order chi connectivity index (χ0) is 57.8. The van der Waals surface area contributed by atoms with Crippen molar-refractivity contribution < 1.29 is 13.2 Å². The Hall–Kier alpha value is -12.3. The van der Waals surface area contributed by atoms with E-state index in [1.807, 2.05) is 158 Å². The first-order valence-electron chi connectivity index (χ1n) is 26.5. The Bertz CT molecular complexity index is 5000. The standard InChI is InChI=1S/C73H37F3N8/c74-73(75,76)66-32-45(39-78)17-24-59(66)50-23-30-68(84-71-28-21-48(57-15-7-3-11-53(57)42-81)35-64(71)65-36-49(22-29-72(65)84)58-16-8-4-12-54(58)43-82)61(37-50)60-31-44(38-77)18-25-67(60)83-69-26-19-46(55-13-5-1-9-51(55)40-79)33-62(69)63-34-47(20-27-70(63)83)56-14-6-2-10-52(56)41-80/h1-37H. The molecule has 2 heterocycles. The van der Waals surface area contributed by atoms with Crippen LogP contribution in [0.25, 0.3) is 122 Å². The van der Waals surface area contributed by atoms with Crippen molar-refractivity contribution in [3.8, 4) is 115 Å². The second-order valence-corrected chi connectivity index (χ2v) is 20.2. The van der Waals surface area contributed by atoms with Crippen LogP contribution in [0.3, 0.4) is 0 Å². The number of aromatic nitrogens is 2. The summed E-state index contributed by atoms with van der Waals surface area (Å²) < 4.78 is 50.1. The molecule has 0 spiro atoms. The molecule has 0 atom stereocenters. The van der Waals surface area contributed by atoms with Crippen molar-refractivity contribution in [1.82, 2.24) is 9.13 Å². The van der Waals surface area contributed by atoms with E-state index in [9.17, 15) is 31.6 Å². The van der Waals surface area contributed by atoms with Gasteiger partial charge in [-0.05, 0) is 171 Å². The van der Waals surface area contributed by atoms with Crippen LogP contribution in [0.2, 0.25) is 0 Å². The predicted molar refractivity (Wildman–Crippen MR) is 321 cm³/mol. The second kappa shape index (κ2) is 20.4. The molecule has 0 aliphatic carbocycles. The number of nitrogens with zero attached hydrogens (tertiary/aromatic N) is 8. The molecule has 0 saturated heterocycles. The highest BCUT2D eigenvalue weighted by molar-refractivity contribution is 6.14. The molecule has 0 radical (unpaired) electrons. The third kappa shape index (κ3) is 8.52. The van der Waals surface area contributed by atoms with E-state index in [0.29, 0.717) is 66.9 Å². The molecule has 0 bridgehead atoms. The summed E-state index contributed by atoms with van der Waals surface area (Å²) in [5.41, 5.74) is 12.0. The van der Waals surface area contributed by atoms with Crippen LogP contribution in [0.1, 0.15) is 38.9 Å². The Morgan fingerprint density at radius 1 is 0.274 bits per heavy atom. The summed E-state index contributed by atoms with van der Waals surface area (Å²) in [6, 6.07) is 80.6. The quantitative estimate of drug-likeness (QED) is 0.148. The van der Waals surface area contributed by atoms with Gasteiger partial charge in [-0.2, -0.15) is 44.7 Å². The molecule has 0 unspecified atom stereocenters. The fourth-order valence-electron chi connectivity index (χ4n) is 11.8. The number of alkyl halides is 3. The van der Waals surface area contributed by atoms with E-state index in [2.05, 4.69) is 39.5 Å². The van der Waals surface area contributed by atoms with Gasteiger partial charge in [0.2, 0.25) is 0 Å². The van der Waals surface area contributed by atoms with Gasteiger partial charge < -0.3 is 9.13 Å². The molecule has 0 aliphatic heterocycles. The summed E-state index contributed by atoms with van der Waals surface area (Å²) in [7, 11) is 0. The Balaban J connectivity index is 1.15. The van der Waals surface area contributed by atoms with Crippen molar-refractivity contribution in [2.24, 2.45) is 0 Å². The zero-order valence-corrected chi connectivity index (χ0v) is 44.1. The van der Waals surface area contributed by atoms with Crippen molar-refractivity contribution in [2.45, 2.75) is 6.18 Å². The van der Waals surface area contributed by atoms with Gasteiger partial charge in [0.25, 0.3) is 0 Å². The number of fused-ring (bicyclic) bond motifs is 6. The van der Waals surface area contributed by atoms with Crippen LogP contribution in [-0.4, -0.2) is 9.13 Å². The molecule has 0 saturated carbocycles. The Morgan fingerprint density at radius 2 is 0.583 bits per heavy atom. The molecule has 13 aromatic rings. The van der Waals surface area contributed by atoms with Crippen molar-refractivity contribution in [3.05, 3.63) is 263 Å². The highest BCUT2D eigenvalue weighted by Gasteiger charge is 2.35. The summed E-state index contributed by atoms with van der Waals surface area (Å²) >= 11 is 0. The lowest BCUT2D eigenvalue weighted by atomic mass is 9.92. The third-order valence-corrected chi connectivity index (χ3v) is 15.6. The minimum absolute atomic E-state index is 0.157. The molecule has 0 aliphatic rings. The molecule has 0 N–H and O–H groups in total. The minimum atomic E-state index is -4.86. The number of hydrogen-bond donors (Lipinski definition) is 0. The predicted octanol–water partition coefficient (Wildman–Crippen LogP) is 18.1. The number of halogens is 3. The first kappa shape index (κ1) is 51.2. The maximum Gasteiger partial charge on any atom is 0.417 e. The van der Waals surface area contributed by atoms with E-state index in [0.717, 1.165) is 72.0 Å². The van der Waals surface area contributed by atoms with Crippen molar-refractivity contribution in [2.75, 3.05) is 0 Å². The first-order chi connectivity index (χ1) is 41.0. The van der Waals surface area contributed by atoms with Crippen LogP contribution in [0.5, 0.6) is 0 Å². The van der Waals surface area contributed by atoms with Gasteiger partial charge in [0.15, 0.2) is 0 Å². The zero-order valence-electron chi connectivity index (χ0n) is 44.1. The van der Waals surface area contributed by atoms with Crippen molar-refractivity contribution >= 4 is 43.6 Å². The molecule has 11 heteroatoms. The summed E-state index contributed by atoms with van der Waals surface area (Å²) in [4.78, 5) is 0. The SMILES string of the molecule is N#Cc1ccc(-n2c3ccc(-c4ccccc4C#N)cc3c3cc(-c4ccccc4C#N)ccc32)c(-c2cc(-c3ccc(C#N)cc3C(F)(F)F)ccc2-n2c3ccc(-c4ccccc4C#N)cc3c3cc(-c4ccccc4C#N)ccc32)c1. The fraction of sp³-hybridized carbons (Fsp3) is 0.0137. The Labute approximate surface area is 479 Å². The van der Waals surface area contributed by atoms with Gasteiger partial charge in [-0.15, -0.1) is 0 Å².